The van der Waals surface area contributed by atoms with Crippen molar-refractivity contribution in [3.8, 4) is 5.75 Å². The second kappa shape index (κ2) is 7.33. The van der Waals surface area contributed by atoms with Crippen LogP contribution in [-0.2, 0) is 16.1 Å². The first-order chi connectivity index (χ1) is 13.2. The van der Waals surface area contributed by atoms with Gasteiger partial charge >= 0.3 is 5.97 Å². The summed E-state index contributed by atoms with van der Waals surface area (Å²) < 4.78 is 16.2. The normalized spacial score (nSPS) is 14.9. The summed E-state index contributed by atoms with van der Waals surface area (Å²) in [6.45, 7) is 2.53. The molecule has 0 aliphatic carbocycles. The van der Waals surface area contributed by atoms with Gasteiger partial charge in [-0.25, -0.2) is 9.79 Å². The molecule has 0 unspecified atom stereocenters. The quantitative estimate of drug-likeness (QED) is 0.497. The number of aliphatic imine (C=N–C) groups is 1. The SMILES string of the molecule is Cc1cccc(COc2cccc(/C=C3\N=C(c4ccco4)OC3=O)c2)c1. The number of hydrogen-bond acceptors (Lipinski definition) is 5. The van der Waals surface area contributed by atoms with Gasteiger partial charge in [-0.05, 0) is 48.4 Å². The van der Waals surface area contributed by atoms with Crippen molar-refractivity contribution in [2.75, 3.05) is 0 Å². The molecule has 0 amide bonds. The fraction of sp³-hybridized carbons (Fsp3) is 0.0909. The van der Waals surface area contributed by atoms with E-state index < -0.39 is 5.97 Å². The molecule has 2 heterocycles. The minimum absolute atomic E-state index is 0.170. The lowest BCUT2D eigenvalue weighted by atomic mass is 10.1. The molecule has 4 rings (SSSR count). The van der Waals surface area contributed by atoms with Crippen LogP contribution in [0.25, 0.3) is 6.08 Å². The van der Waals surface area contributed by atoms with Gasteiger partial charge in [0.2, 0.25) is 0 Å². The van der Waals surface area contributed by atoms with Crippen molar-refractivity contribution in [1.82, 2.24) is 0 Å². The Hall–Kier alpha value is -3.60. The highest BCUT2D eigenvalue weighted by Crippen LogP contribution is 2.22. The van der Waals surface area contributed by atoms with Crippen LogP contribution < -0.4 is 4.74 Å². The molecule has 134 valence electrons. The molecule has 5 nitrogen and oxygen atoms in total. The Kier molecular flexibility index (Phi) is 4.58. The molecule has 2 aromatic carbocycles. The van der Waals surface area contributed by atoms with E-state index in [1.165, 1.54) is 11.8 Å². The van der Waals surface area contributed by atoms with E-state index in [1.807, 2.05) is 36.4 Å². The number of esters is 1. The summed E-state index contributed by atoms with van der Waals surface area (Å²) in [5, 5.41) is 0. The van der Waals surface area contributed by atoms with Crippen molar-refractivity contribution in [3.63, 3.8) is 0 Å². The minimum atomic E-state index is -0.507. The van der Waals surface area contributed by atoms with Crippen LogP contribution >= 0.6 is 0 Å². The van der Waals surface area contributed by atoms with Crippen LogP contribution in [0.2, 0.25) is 0 Å². The number of aryl methyl sites for hydroxylation is 1. The third-order valence-corrected chi connectivity index (χ3v) is 4.00. The van der Waals surface area contributed by atoms with Crippen molar-refractivity contribution >= 4 is 17.9 Å². The molecule has 3 aromatic rings. The number of nitrogens with zero attached hydrogens (tertiary/aromatic N) is 1. The first-order valence-electron chi connectivity index (χ1n) is 8.52. The zero-order valence-electron chi connectivity index (χ0n) is 14.7. The maximum atomic E-state index is 12.0. The Balaban J connectivity index is 1.50. The van der Waals surface area contributed by atoms with Gasteiger partial charge in [-0.1, -0.05) is 42.0 Å². The molecule has 5 heteroatoms. The third kappa shape index (κ3) is 3.98. The van der Waals surface area contributed by atoms with E-state index in [0.717, 1.165) is 11.1 Å². The summed E-state index contributed by atoms with van der Waals surface area (Å²) >= 11 is 0. The van der Waals surface area contributed by atoms with E-state index in [-0.39, 0.29) is 11.6 Å². The van der Waals surface area contributed by atoms with Gasteiger partial charge in [-0.15, -0.1) is 0 Å². The summed E-state index contributed by atoms with van der Waals surface area (Å²) in [5.41, 5.74) is 3.32. The van der Waals surface area contributed by atoms with E-state index in [9.17, 15) is 4.79 Å². The molecule has 0 spiro atoms. The molecule has 27 heavy (non-hydrogen) atoms. The van der Waals surface area contributed by atoms with E-state index in [1.54, 1.807) is 18.2 Å². The highest BCUT2D eigenvalue weighted by Gasteiger charge is 2.25. The molecule has 1 aliphatic heterocycles. The number of carbonyl (C=O) groups excluding carboxylic acids is 1. The maximum Gasteiger partial charge on any atom is 0.363 e. The molecular formula is C22H17NO4. The van der Waals surface area contributed by atoms with E-state index >= 15 is 0 Å². The minimum Gasteiger partial charge on any atom is -0.489 e. The van der Waals surface area contributed by atoms with Gasteiger partial charge in [0.1, 0.15) is 12.4 Å². The Morgan fingerprint density at radius 3 is 2.78 bits per heavy atom. The summed E-state index contributed by atoms with van der Waals surface area (Å²) in [4.78, 5) is 16.2. The fourth-order valence-electron chi connectivity index (χ4n) is 2.74. The molecule has 0 radical (unpaired) electrons. The molecule has 0 fully saturated rings. The van der Waals surface area contributed by atoms with Gasteiger partial charge in [-0.3, -0.25) is 0 Å². The number of furan rings is 1. The van der Waals surface area contributed by atoms with Crippen molar-refractivity contribution < 1.29 is 18.7 Å². The van der Waals surface area contributed by atoms with Gasteiger partial charge in [0.05, 0.1) is 6.26 Å². The molecular weight excluding hydrogens is 342 g/mol. The van der Waals surface area contributed by atoms with Crippen LogP contribution in [0.5, 0.6) is 5.75 Å². The Bertz CT molecular complexity index is 1030. The number of cyclic esters (lactones) is 1. The molecule has 0 atom stereocenters. The second-order valence-electron chi connectivity index (χ2n) is 6.16. The molecule has 0 saturated heterocycles. The Morgan fingerprint density at radius 2 is 1.96 bits per heavy atom. The van der Waals surface area contributed by atoms with E-state index in [0.29, 0.717) is 18.1 Å². The van der Waals surface area contributed by atoms with Crippen LogP contribution in [0.1, 0.15) is 22.5 Å². The lowest BCUT2D eigenvalue weighted by Crippen LogP contribution is -2.04. The van der Waals surface area contributed by atoms with Crippen LogP contribution in [0.15, 0.2) is 82.0 Å². The zero-order chi connectivity index (χ0) is 18.6. The van der Waals surface area contributed by atoms with Crippen LogP contribution in [0, 0.1) is 6.92 Å². The molecule has 1 aliphatic rings. The van der Waals surface area contributed by atoms with E-state index in [2.05, 4.69) is 24.0 Å². The summed E-state index contributed by atoms with van der Waals surface area (Å²) in [6.07, 6.45) is 3.17. The maximum absolute atomic E-state index is 12.0. The second-order valence-corrected chi connectivity index (χ2v) is 6.16. The average Bonchev–Trinajstić information content (AvgIpc) is 3.31. The zero-order valence-corrected chi connectivity index (χ0v) is 14.7. The van der Waals surface area contributed by atoms with Crippen molar-refractivity contribution in [2.45, 2.75) is 13.5 Å². The molecule has 0 saturated carbocycles. The van der Waals surface area contributed by atoms with Crippen molar-refractivity contribution in [1.29, 1.82) is 0 Å². The highest BCUT2D eigenvalue weighted by molar-refractivity contribution is 6.11. The first-order valence-corrected chi connectivity index (χ1v) is 8.52. The largest absolute Gasteiger partial charge is 0.489 e. The van der Waals surface area contributed by atoms with Crippen LogP contribution in [0.4, 0.5) is 0 Å². The third-order valence-electron chi connectivity index (χ3n) is 4.00. The first kappa shape index (κ1) is 16.8. The van der Waals surface area contributed by atoms with Gasteiger partial charge in [0.15, 0.2) is 11.5 Å². The smallest absolute Gasteiger partial charge is 0.363 e. The topological polar surface area (TPSA) is 61.0 Å². The van der Waals surface area contributed by atoms with Crippen LogP contribution in [-0.4, -0.2) is 11.9 Å². The number of hydrogen-bond donors (Lipinski definition) is 0. The lowest BCUT2D eigenvalue weighted by molar-refractivity contribution is -0.130. The van der Waals surface area contributed by atoms with Gasteiger partial charge < -0.3 is 13.9 Å². The lowest BCUT2D eigenvalue weighted by Gasteiger charge is -2.07. The summed E-state index contributed by atoms with van der Waals surface area (Å²) in [5.74, 6) is 0.796. The summed E-state index contributed by atoms with van der Waals surface area (Å²) in [6, 6.07) is 19.1. The average molecular weight is 359 g/mol. The summed E-state index contributed by atoms with van der Waals surface area (Å²) in [7, 11) is 0. The van der Waals surface area contributed by atoms with Crippen LogP contribution in [0.3, 0.4) is 0 Å². The van der Waals surface area contributed by atoms with Gasteiger partial charge in [-0.2, -0.15) is 0 Å². The standard InChI is InChI=1S/C22H17NO4/c1-15-5-2-7-17(11-15)14-26-18-8-3-6-16(12-18)13-19-22(24)27-21(23-19)20-9-4-10-25-20/h2-13H,14H2,1H3/b19-13-. The number of ether oxygens (including phenoxy) is 2. The predicted octanol–water partition coefficient (Wildman–Crippen LogP) is 4.51. The van der Waals surface area contributed by atoms with Gasteiger partial charge in [0.25, 0.3) is 5.90 Å². The van der Waals surface area contributed by atoms with Crippen molar-refractivity contribution in [2.24, 2.45) is 4.99 Å². The fourth-order valence-corrected chi connectivity index (χ4v) is 2.74. The highest BCUT2D eigenvalue weighted by atomic mass is 16.6. The Morgan fingerprint density at radius 1 is 1.07 bits per heavy atom. The number of benzene rings is 2. The monoisotopic (exact) mass is 359 g/mol. The Labute approximate surface area is 156 Å². The molecule has 0 bridgehead atoms. The molecule has 0 N–H and O–H groups in total. The number of rotatable bonds is 5. The van der Waals surface area contributed by atoms with E-state index in [4.69, 9.17) is 13.9 Å². The predicted molar refractivity (Wildman–Crippen MR) is 101 cm³/mol. The van der Waals surface area contributed by atoms with Gasteiger partial charge in [0, 0.05) is 0 Å². The van der Waals surface area contributed by atoms with Crippen molar-refractivity contribution in [3.05, 3.63) is 95.1 Å². The number of carbonyl (C=O) groups is 1. The molecule has 1 aromatic heterocycles.